The average Bonchev–Trinajstić information content (AvgIpc) is 2.93. The van der Waals surface area contributed by atoms with E-state index in [4.69, 9.17) is 5.73 Å². The molecule has 1 amide bonds. The zero-order chi connectivity index (χ0) is 14.8. The first kappa shape index (κ1) is 12.9. The van der Waals surface area contributed by atoms with Crippen molar-refractivity contribution in [1.29, 1.82) is 0 Å². The highest BCUT2D eigenvalue weighted by atomic mass is 16.3. The fourth-order valence-corrected chi connectivity index (χ4v) is 2.00. The summed E-state index contributed by atoms with van der Waals surface area (Å²) in [7, 11) is 0. The van der Waals surface area contributed by atoms with E-state index in [-0.39, 0.29) is 11.6 Å². The van der Waals surface area contributed by atoms with Gasteiger partial charge in [0.15, 0.2) is 5.82 Å². The number of aromatic hydroxyl groups is 1. The van der Waals surface area contributed by atoms with Crippen LogP contribution < -0.4 is 5.73 Å². The molecule has 6 heteroatoms. The minimum atomic E-state index is -0.703. The Kier molecular flexibility index (Phi) is 3.12. The Labute approximate surface area is 120 Å². The highest BCUT2D eigenvalue weighted by molar-refractivity contribution is 5.89. The molecular weight excluding hydrogens is 268 g/mol. The van der Waals surface area contributed by atoms with Crippen molar-refractivity contribution in [2.24, 2.45) is 5.73 Å². The van der Waals surface area contributed by atoms with Crippen molar-refractivity contribution in [3.05, 3.63) is 60.4 Å². The molecule has 3 N–H and O–H groups in total. The molecule has 0 atom stereocenters. The van der Waals surface area contributed by atoms with E-state index >= 15 is 0 Å². The molecule has 0 radical (unpaired) electrons. The summed E-state index contributed by atoms with van der Waals surface area (Å²) in [6.07, 6.45) is 0. The van der Waals surface area contributed by atoms with Crippen molar-refractivity contribution in [2.45, 2.75) is 0 Å². The number of phenolic OH excluding ortho intramolecular Hbond substituents is 1. The van der Waals surface area contributed by atoms with Gasteiger partial charge >= 0.3 is 0 Å². The first-order chi connectivity index (χ1) is 10.1. The lowest BCUT2D eigenvalue weighted by Crippen LogP contribution is -2.13. The second kappa shape index (κ2) is 5.09. The van der Waals surface area contributed by atoms with Crippen LogP contribution in [0.4, 0.5) is 0 Å². The van der Waals surface area contributed by atoms with Crippen LogP contribution >= 0.6 is 0 Å². The SMILES string of the molecule is NC(=O)c1nc(-c2cccc(O)c2)n(-c2ccccc2)n1. The molecule has 3 rings (SSSR count). The lowest BCUT2D eigenvalue weighted by Gasteiger charge is -2.05. The van der Waals surface area contributed by atoms with Crippen molar-refractivity contribution in [1.82, 2.24) is 14.8 Å². The number of rotatable bonds is 3. The second-order valence-corrected chi connectivity index (χ2v) is 4.42. The quantitative estimate of drug-likeness (QED) is 0.764. The van der Waals surface area contributed by atoms with Gasteiger partial charge in [0, 0.05) is 5.56 Å². The fraction of sp³-hybridized carbons (Fsp3) is 0. The molecule has 0 saturated heterocycles. The van der Waals surface area contributed by atoms with E-state index in [1.54, 1.807) is 24.3 Å². The van der Waals surface area contributed by atoms with Gasteiger partial charge in [0.1, 0.15) is 5.75 Å². The van der Waals surface area contributed by atoms with Crippen LogP contribution in [0.5, 0.6) is 5.75 Å². The molecule has 0 aliphatic rings. The summed E-state index contributed by atoms with van der Waals surface area (Å²) in [4.78, 5) is 15.5. The van der Waals surface area contributed by atoms with Crippen LogP contribution in [0.1, 0.15) is 10.6 Å². The third kappa shape index (κ3) is 2.46. The molecule has 0 saturated carbocycles. The fourth-order valence-electron chi connectivity index (χ4n) is 2.00. The first-order valence-electron chi connectivity index (χ1n) is 6.27. The maximum atomic E-state index is 11.3. The molecule has 6 nitrogen and oxygen atoms in total. The van der Waals surface area contributed by atoms with Crippen LogP contribution in [0, 0.1) is 0 Å². The van der Waals surface area contributed by atoms with E-state index in [1.807, 2.05) is 30.3 Å². The van der Waals surface area contributed by atoms with Gasteiger partial charge in [-0.3, -0.25) is 4.79 Å². The van der Waals surface area contributed by atoms with Gasteiger partial charge in [0.25, 0.3) is 5.91 Å². The molecule has 0 spiro atoms. The zero-order valence-corrected chi connectivity index (χ0v) is 11.0. The van der Waals surface area contributed by atoms with Gasteiger partial charge < -0.3 is 10.8 Å². The van der Waals surface area contributed by atoms with Gasteiger partial charge in [-0.15, -0.1) is 5.10 Å². The molecule has 3 aromatic rings. The number of nitrogens with zero attached hydrogens (tertiary/aromatic N) is 3. The summed E-state index contributed by atoms with van der Waals surface area (Å²) in [6.45, 7) is 0. The smallest absolute Gasteiger partial charge is 0.288 e. The van der Waals surface area contributed by atoms with Gasteiger partial charge in [-0.05, 0) is 24.3 Å². The second-order valence-electron chi connectivity index (χ2n) is 4.42. The number of para-hydroxylation sites is 1. The predicted octanol–water partition coefficient (Wildman–Crippen LogP) is 1.74. The first-order valence-corrected chi connectivity index (χ1v) is 6.27. The Morgan fingerprint density at radius 2 is 1.86 bits per heavy atom. The van der Waals surface area contributed by atoms with E-state index in [1.165, 1.54) is 4.68 Å². The summed E-state index contributed by atoms with van der Waals surface area (Å²) in [5, 5.41) is 13.7. The number of carbonyl (C=O) groups is 1. The Bertz CT molecular complexity index is 796. The van der Waals surface area contributed by atoms with Gasteiger partial charge in [-0.25, -0.2) is 9.67 Å². The largest absolute Gasteiger partial charge is 0.508 e. The zero-order valence-electron chi connectivity index (χ0n) is 11.0. The molecule has 0 unspecified atom stereocenters. The third-order valence-electron chi connectivity index (χ3n) is 2.93. The minimum Gasteiger partial charge on any atom is -0.508 e. The van der Waals surface area contributed by atoms with Crippen LogP contribution in [0.15, 0.2) is 54.6 Å². The standard InChI is InChI=1S/C15H12N4O2/c16-13(21)14-17-15(10-5-4-8-12(20)9-10)19(18-14)11-6-2-1-3-7-11/h1-9,20H,(H2,16,21). The molecule has 0 fully saturated rings. The highest BCUT2D eigenvalue weighted by Gasteiger charge is 2.16. The number of benzene rings is 2. The van der Waals surface area contributed by atoms with E-state index in [9.17, 15) is 9.90 Å². The Balaban J connectivity index is 2.21. The molecule has 1 aromatic heterocycles. The van der Waals surface area contributed by atoms with Crippen LogP contribution in [-0.4, -0.2) is 25.8 Å². The van der Waals surface area contributed by atoms with Crippen LogP contribution in [-0.2, 0) is 0 Å². The van der Waals surface area contributed by atoms with Gasteiger partial charge in [-0.1, -0.05) is 30.3 Å². The summed E-state index contributed by atoms with van der Waals surface area (Å²) >= 11 is 0. The van der Waals surface area contributed by atoms with Crippen molar-refractivity contribution >= 4 is 5.91 Å². The monoisotopic (exact) mass is 280 g/mol. The maximum absolute atomic E-state index is 11.3. The van der Waals surface area contributed by atoms with Crippen LogP contribution in [0.2, 0.25) is 0 Å². The molecule has 1 heterocycles. The number of hydrogen-bond donors (Lipinski definition) is 2. The van der Waals surface area contributed by atoms with Gasteiger partial charge in [-0.2, -0.15) is 0 Å². The normalized spacial score (nSPS) is 10.5. The lowest BCUT2D eigenvalue weighted by atomic mass is 10.2. The molecule has 0 aliphatic carbocycles. The Morgan fingerprint density at radius 3 is 2.52 bits per heavy atom. The van der Waals surface area contributed by atoms with Crippen molar-refractivity contribution in [3.63, 3.8) is 0 Å². The van der Waals surface area contributed by atoms with E-state index < -0.39 is 5.91 Å². The number of primary amides is 1. The number of aromatic nitrogens is 3. The molecule has 0 bridgehead atoms. The van der Waals surface area contributed by atoms with E-state index in [2.05, 4.69) is 10.1 Å². The van der Waals surface area contributed by atoms with Crippen LogP contribution in [0.25, 0.3) is 17.1 Å². The topological polar surface area (TPSA) is 94.0 Å². The van der Waals surface area contributed by atoms with E-state index in [0.717, 1.165) is 5.69 Å². The molecule has 104 valence electrons. The number of phenols is 1. The van der Waals surface area contributed by atoms with Crippen molar-refractivity contribution in [2.75, 3.05) is 0 Å². The third-order valence-corrected chi connectivity index (χ3v) is 2.93. The Morgan fingerprint density at radius 1 is 1.10 bits per heavy atom. The van der Waals surface area contributed by atoms with E-state index in [0.29, 0.717) is 11.4 Å². The molecule has 0 aliphatic heterocycles. The van der Waals surface area contributed by atoms with Gasteiger partial charge in [0.2, 0.25) is 5.82 Å². The molecule has 21 heavy (non-hydrogen) atoms. The van der Waals surface area contributed by atoms with Crippen LogP contribution in [0.3, 0.4) is 0 Å². The number of nitrogens with two attached hydrogens (primary N) is 1. The molecular formula is C15H12N4O2. The lowest BCUT2D eigenvalue weighted by molar-refractivity contribution is 0.0990. The summed E-state index contributed by atoms with van der Waals surface area (Å²) in [6, 6.07) is 15.8. The number of carbonyl (C=O) groups excluding carboxylic acids is 1. The average molecular weight is 280 g/mol. The Hall–Kier alpha value is -3.15. The number of hydrogen-bond acceptors (Lipinski definition) is 4. The summed E-state index contributed by atoms with van der Waals surface area (Å²) in [5.41, 5.74) is 6.64. The van der Waals surface area contributed by atoms with Crippen molar-refractivity contribution < 1.29 is 9.90 Å². The van der Waals surface area contributed by atoms with Crippen molar-refractivity contribution in [3.8, 4) is 22.8 Å². The number of amides is 1. The maximum Gasteiger partial charge on any atom is 0.288 e. The predicted molar refractivity (Wildman–Crippen MR) is 77.0 cm³/mol. The van der Waals surface area contributed by atoms with Gasteiger partial charge in [0.05, 0.1) is 5.69 Å². The highest BCUT2D eigenvalue weighted by Crippen LogP contribution is 2.24. The minimum absolute atomic E-state index is 0.0720. The molecule has 2 aromatic carbocycles. The summed E-state index contributed by atoms with van der Waals surface area (Å²) < 4.78 is 1.52. The summed E-state index contributed by atoms with van der Waals surface area (Å²) in [5.74, 6) is -0.232.